The van der Waals surface area contributed by atoms with Gasteiger partial charge in [-0.2, -0.15) is 7.82 Å². The molecule has 0 saturated heterocycles. The Kier molecular flexibility index (Phi) is 154. The average Bonchev–Trinajstić information content (AvgIpc) is 1.72. The predicted octanol–water partition coefficient (Wildman–Crippen LogP) is -18.8. The van der Waals surface area contributed by atoms with Crippen LogP contribution in [0.15, 0.2) is 0 Å². The van der Waals surface area contributed by atoms with Crippen LogP contribution in [0.2, 0.25) is 0 Å². The van der Waals surface area contributed by atoms with Crippen molar-refractivity contribution < 1.29 is 176 Å². The van der Waals surface area contributed by atoms with Crippen molar-refractivity contribution in [1.82, 2.24) is 0 Å². The van der Waals surface area contributed by atoms with Crippen molar-refractivity contribution in [3.63, 3.8) is 0 Å². The van der Waals surface area contributed by atoms with Gasteiger partial charge in [-0.05, 0) is 0 Å². The van der Waals surface area contributed by atoms with E-state index in [1.54, 1.807) is 0 Å². The molecule has 0 aromatic rings. The van der Waals surface area contributed by atoms with Crippen LogP contribution in [0.3, 0.4) is 0 Å². The molecule has 0 rings (SSSR count). The largest absolute Gasteiger partial charge is 1.00 e. The summed E-state index contributed by atoms with van der Waals surface area (Å²) in [6.45, 7) is 0. The molecule has 0 spiro atoms. The van der Waals surface area contributed by atoms with Crippen LogP contribution in [0.25, 0.3) is 0 Å². The maximum Gasteiger partial charge on any atom is 1.00 e. The van der Waals surface area contributed by atoms with Crippen LogP contribution in [0, 0.1) is 0 Å². The molecule has 0 heterocycles. The van der Waals surface area contributed by atoms with Gasteiger partial charge in [0.25, 0.3) is 0 Å². The number of halogens is 2. The van der Waals surface area contributed by atoms with E-state index >= 15 is 0 Å². The second-order valence-electron chi connectivity index (χ2n) is 0.447. The Bertz CT molecular complexity index is 70.4. The van der Waals surface area contributed by atoms with Crippen LogP contribution >= 0.6 is 31.6 Å². The standard InChI is InChI=1S/2ClO.5Na.H3O4P/c2*1-2;;;;;;1-5(2,3)4/h;;;;;;;(H3,1,2,3,4)/q2*-1;5*+1;/p-3. The van der Waals surface area contributed by atoms with Crippen molar-refractivity contribution in [1.29, 1.82) is 0 Å². The summed E-state index contributed by atoms with van der Waals surface area (Å²) in [6, 6.07) is 0. The smallest absolute Gasteiger partial charge is 0.822 e. The molecule has 0 aliphatic heterocycles. The van der Waals surface area contributed by atoms with E-state index in [9.17, 15) is 0 Å². The number of hydrogen-bond acceptors (Lipinski definition) is 6. The first-order valence-electron chi connectivity index (χ1n) is 1.04. The van der Waals surface area contributed by atoms with E-state index in [0.717, 1.165) is 0 Å². The molecule has 0 bridgehead atoms. The van der Waals surface area contributed by atoms with Crippen molar-refractivity contribution in [3.05, 3.63) is 0 Å². The molecule has 60 valence electrons. The van der Waals surface area contributed by atoms with Crippen LogP contribution < -0.4 is 172 Å². The molecule has 0 aromatic heterocycles. The molecule has 14 heteroatoms. The van der Waals surface area contributed by atoms with Gasteiger partial charge < -0.3 is 28.6 Å². The number of rotatable bonds is 0. The van der Waals surface area contributed by atoms with Gasteiger partial charge in [-0.25, -0.2) is 23.7 Å². The van der Waals surface area contributed by atoms with Gasteiger partial charge in [0.2, 0.25) is 0 Å². The third kappa shape index (κ3) is 154. The minimum Gasteiger partial charge on any atom is -0.822 e. The molecule has 6 nitrogen and oxygen atoms in total. The van der Waals surface area contributed by atoms with Crippen molar-refractivity contribution in [2.45, 2.75) is 0 Å². The van der Waals surface area contributed by atoms with E-state index < -0.39 is 7.82 Å². The fourth-order valence-corrected chi connectivity index (χ4v) is 0. The first-order valence-corrected chi connectivity index (χ1v) is 3.12. The summed E-state index contributed by atoms with van der Waals surface area (Å²) in [4.78, 5) is 25.6. The Morgan fingerprint density at radius 3 is 0.643 bits per heavy atom. The summed E-state index contributed by atoms with van der Waals surface area (Å²) in [7, 11) is -5.39. The quantitative estimate of drug-likeness (QED) is 0.322. The normalized spacial score (nSPS) is 5.07. The van der Waals surface area contributed by atoms with Crippen LogP contribution in [-0.4, -0.2) is 0 Å². The van der Waals surface area contributed by atoms with Crippen molar-refractivity contribution in [2.24, 2.45) is 0 Å². The zero-order valence-corrected chi connectivity index (χ0v) is 21.1. The van der Waals surface area contributed by atoms with Crippen molar-refractivity contribution in [2.75, 3.05) is 0 Å². The summed E-state index contributed by atoms with van der Waals surface area (Å²) in [5, 5.41) is 0. The molecule has 14 heavy (non-hydrogen) atoms. The number of phosphoric acid groups is 1. The zero-order chi connectivity index (χ0) is 8.50. The summed E-state index contributed by atoms with van der Waals surface area (Å²) in [6.07, 6.45) is 0. The Labute approximate surface area is 203 Å². The van der Waals surface area contributed by atoms with Gasteiger partial charge in [0.1, 0.15) is 0 Å². The van der Waals surface area contributed by atoms with Crippen molar-refractivity contribution in [3.8, 4) is 0 Å². The van der Waals surface area contributed by atoms with E-state index in [1.165, 1.54) is 0 Å². The van der Waals surface area contributed by atoms with Gasteiger partial charge in [-0.15, -0.1) is 0 Å². The van der Waals surface area contributed by atoms with Crippen LogP contribution in [-0.2, 0) is 4.57 Å². The van der Waals surface area contributed by atoms with Crippen molar-refractivity contribution >= 4 is 31.6 Å². The molecule has 0 aromatic carbocycles. The van der Waals surface area contributed by atoms with Crippen LogP contribution in [0.1, 0.15) is 0 Å². The molecule has 0 fully saturated rings. The summed E-state index contributed by atoms with van der Waals surface area (Å²) in [5.41, 5.74) is 0. The van der Waals surface area contributed by atoms with E-state index in [1.807, 2.05) is 0 Å². The topological polar surface area (TPSA) is 132 Å². The number of hydrogen-bond donors (Lipinski definition) is 0. The van der Waals surface area contributed by atoms with E-state index in [0.29, 0.717) is 0 Å². The van der Waals surface area contributed by atoms with E-state index in [2.05, 4.69) is 23.7 Å². The molecule has 0 saturated carbocycles. The Balaban J connectivity index is -0.00000000611. The monoisotopic (exact) mass is 312 g/mol. The van der Waals surface area contributed by atoms with Gasteiger partial charge in [0.05, 0.1) is 0 Å². The maximum atomic E-state index is 8.55. The third-order valence-electron chi connectivity index (χ3n) is 0. The molecule has 0 aliphatic carbocycles. The second-order valence-corrected chi connectivity index (χ2v) is 1.34. The average molecular weight is 313 g/mol. The van der Waals surface area contributed by atoms with Crippen LogP contribution in [0.4, 0.5) is 0 Å². The SMILES string of the molecule is O=P([O-])([O-])[O-].[Na+].[Na+].[Na+].[Na+].[Na+].[O-]Cl.[O-]Cl. The van der Waals surface area contributed by atoms with Gasteiger partial charge in [-0.3, -0.25) is 0 Å². The molecular weight excluding hydrogens is 313 g/mol. The van der Waals surface area contributed by atoms with Gasteiger partial charge in [0, 0.05) is 0 Å². The minimum absolute atomic E-state index is 0. The summed E-state index contributed by atoms with van der Waals surface area (Å²) >= 11 is 6.78. The summed E-state index contributed by atoms with van der Waals surface area (Å²) in [5.74, 6) is 0. The van der Waals surface area contributed by atoms with Gasteiger partial charge >= 0.3 is 148 Å². The molecule has 0 atom stereocenters. The zero-order valence-electron chi connectivity index (χ0n) is 8.65. The minimum atomic E-state index is -5.39. The molecule has 0 radical (unpaired) electrons. The molecule has 0 N–H and O–H groups in total. The van der Waals surface area contributed by atoms with Crippen LogP contribution in [0.5, 0.6) is 0 Å². The fourth-order valence-electron chi connectivity index (χ4n) is 0. The Morgan fingerprint density at radius 2 is 0.643 bits per heavy atom. The first kappa shape index (κ1) is 50.4. The van der Waals surface area contributed by atoms with Gasteiger partial charge in [0.15, 0.2) is 0 Å². The fraction of sp³-hybridized carbons (Fsp3) is 0. The Morgan fingerprint density at radius 1 is 0.643 bits per heavy atom. The Hall–Kier alpha value is 5.61. The second kappa shape index (κ2) is 42.8. The molecular formula is Cl2Na5O6P. The van der Waals surface area contributed by atoms with Gasteiger partial charge in [-0.1, -0.05) is 0 Å². The molecule has 0 unspecified atom stereocenters. The first-order chi connectivity index (χ1) is 4.00. The predicted molar refractivity (Wildman–Crippen MR) is 19.3 cm³/mol. The molecule has 0 aliphatic rings. The molecule has 0 amide bonds. The van der Waals surface area contributed by atoms with E-state index in [4.69, 9.17) is 28.6 Å². The maximum absolute atomic E-state index is 8.55. The summed E-state index contributed by atoms with van der Waals surface area (Å²) < 4.78 is 24.0. The third-order valence-corrected chi connectivity index (χ3v) is 0. The van der Waals surface area contributed by atoms with E-state index in [-0.39, 0.29) is 148 Å².